The van der Waals surface area contributed by atoms with Crippen molar-refractivity contribution in [1.29, 1.82) is 5.26 Å². The van der Waals surface area contributed by atoms with Crippen molar-refractivity contribution in [2.75, 3.05) is 19.1 Å². The number of carbonyl (C=O) groups excluding carboxylic acids is 2. The van der Waals surface area contributed by atoms with Crippen molar-refractivity contribution < 1.29 is 24.2 Å². The largest absolute Gasteiger partial charge is 0.507 e. The van der Waals surface area contributed by atoms with Crippen LogP contribution in [0.1, 0.15) is 22.7 Å². The number of rotatable bonds is 5. The van der Waals surface area contributed by atoms with Gasteiger partial charge in [-0.3, -0.25) is 19.5 Å². The lowest BCUT2D eigenvalue weighted by Gasteiger charge is -2.25. The third kappa shape index (κ3) is 3.77. The Kier molecular flexibility index (Phi) is 5.79. The SMILES string of the molecule is COc1ccc(/C(O)=C2/C(=O)C(=O)N(c3ccc(C#N)cc3)C2c2cccnc2)c(OC)c1. The van der Waals surface area contributed by atoms with E-state index < -0.39 is 17.7 Å². The average Bonchev–Trinajstić information content (AvgIpc) is 3.14. The molecule has 1 saturated heterocycles. The molecule has 1 aromatic heterocycles. The highest BCUT2D eigenvalue weighted by Crippen LogP contribution is 2.43. The molecule has 0 saturated carbocycles. The van der Waals surface area contributed by atoms with E-state index >= 15 is 0 Å². The smallest absolute Gasteiger partial charge is 0.300 e. The number of hydrogen-bond donors (Lipinski definition) is 1. The molecule has 1 atom stereocenters. The standard InChI is InChI=1S/C25H19N3O5/c1-32-18-9-10-19(20(12-18)33-2)23(29)21-22(16-4-3-11-27-14-16)28(25(31)24(21)30)17-7-5-15(13-26)6-8-17/h3-12,14,22,29H,1-2H3/b23-21-. The summed E-state index contributed by atoms with van der Waals surface area (Å²) in [5.74, 6) is -1.24. The van der Waals surface area contributed by atoms with Crippen LogP contribution in [0.4, 0.5) is 5.69 Å². The molecule has 4 rings (SSSR count). The summed E-state index contributed by atoms with van der Waals surface area (Å²) < 4.78 is 10.6. The molecule has 1 N–H and O–H groups in total. The average molecular weight is 441 g/mol. The van der Waals surface area contributed by atoms with Crippen LogP contribution in [0.3, 0.4) is 0 Å². The summed E-state index contributed by atoms with van der Waals surface area (Å²) in [7, 11) is 2.93. The van der Waals surface area contributed by atoms with Crippen LogP contribution in [0.15, 0.2) is 72.6 Å². The number of anilines is 1. The first-order valence-electron chi connectivity index (χ1n) is 9.93. The first kappa shape index (κ1) is 21.6. The van der Waals surface area contributed by atoms with E-state index in [0.29, 0.717) is 22.6 Å². The zero-order valence-electron chi connectivity index (χ0n) is 17.9. The summed E-state index contributed by atoms with van der Waals surface area (Å²) in [6.07, 6.45) is 3.11. The van der Waals surface area contributed by atoms with E-state index in [0.717, 1.165) is 0 Å². The highest BCUT2D eigenvalue weighted by Gasteiger charge is 2.47. The Morgan fingerprint density at radius 3 is 2.45 bits per heavy atom. The zero-order chi connectivity index (χ0) is 23.5. The van der Waals surface area contributed by atoms with Crippen LogP contribution in [0.25, 0.3) is 5.76 Å². The van der Waals surface area contributed by atoms with E-state index in [1.54, 1.807) is 60.8 Å². The molecule has 2 heterocycles. The van der Waals surface area contributed by atoms with Gasteiger partial charge in [0.2, 0.25) is 0 Å². The number of carbonyl (C=O) groups is 2. The van der Waals surface area contributed by atoms with E-state index in [1.165, 1.54) is 25.3 Å². The molecule has 3 aromatic rings. The second kappa shape index (κ2) is 8.85. The minimum Gasteiger partial charge on any atom is -0.507 e. The number of nitrogens with zero attached hydrogens (tertiary/aromatic N) is 3. The van der Waals surface area contributed by atoms with Crippen LogP contribution >= 0.6 is 0 Å². The van der Waals surface area contributed by atoms with Gasteiger partial charge in [0.1, 0.15) is 17.3 Å². The molecule has 164 valence electrons. The van der Waals surface area contributed by atoms with Crippen molar-refractivity contribution in [3.8, 4) is 17.6 Å². The lowest BCUT2D eigenvalue weighted by atomic mass is 9.95. The van der Waals surface area contributed by atoms with Gasteiger partial charge in [-0.25, -0.2) is 0 Å². The lowest BCUT2D eigenvalue weighted by molar-refractivity contribution is -0.132. The van der Waals surface area contributed by atoms with Gasteiger partial charge in [0.05, 0.1) is 43.0 Å². The molecule has 8 nitrogen and oxygen atoms in total. The fourth-order valence-corrected chi connectivity index (χ4v) is 3.79. The summed E-state index contributed by atoms with van der Waals surface area (Å²) in [6, 6.07) is 15.5. The number of aliphatic hydroxyl groups excluding tert-OH is 1. The Morgan fingerprint density at radius 1 is 1.09 bits per heavy atom. The molecule has 1 aliphatic heterocycles. The molecule has 0 spiro atoms. The van der Waals surface area contributed by atoms with E-state index in [4.69, 9.17) is 14.7 Å². The van der Waals surface area contributed by atoms with E-state index in [1.807, 2.05) is 6.07 Å². The maximum atomic E-state index is 13.2. The van der Waals surface area contributed by atoms with Crippen molar-refractivity contribution in [1.82, 2.24) is 4.98 Å². The number of amides is 1. The number of benzene rings is 2. The van der Waals surface area contributed by atoms with Crippen LogP contribution in [-0.4, -0.2) is 36.0 Å². The Balaban J connectivity index is 1.94. The number of hydrogen-bond acceptors (Lipinski definition) is 7. The van der Waals surface area contributed by atoms with Gasteiger partial charge >= 0.3 is 0 Å². The molecule has 1 amide bonds. The van der Waals surface area contributed by atoms with Gasteiger partial charge in [-0.05, 0) is 48.0 Å². The molecule has 0 bridgehead atoms. The molecule has 2 aromatic carbocycles. The van der Waals surface area contributed by atoms with E-state index in [9.17, 15) is 14.7 Å². The maximum absolute atomic E-state index is 13.2. The highest BCUT2D eigenvalue weighted by atomic mass is 16.5. The number of pyridine rings is 1. The first-order chi connectivity index (χ1) is 16.0. The predicted molar refractivity (Wildman–Crippen MR) is 120 cm³/mol. The van der Waals surface area contributed by atoms with Gasteiger partial charge in [0, 0.05) is 24.1 Å². The van der Waals surface area contributed by atoms with Crippen LogP contribution < -0.4 is 14.4 Å². The summed E-state index contributed by atoms with van der Waals surface area (Å²) in [5.41, 5.74) is 1.50. The second-order valence-electron chi connectivity index (χ2n) is 7.18. The summed E-state index contributed by atoms with van der Waals surface area (Å²) in [5, 5.41) is 20.3. The van der Waals surface area contributed by atoms with E-state index in [2.05, 4.69) is 4.98 Å². The fraction of sp³-hybridized carbons (Fsp3) is 0.120. The minimum atomic E-state index is -0.932. The number of aromatic nitrogens is 1. The summed E-state index contributed by atoms with van der Waals surface area (Å²) in [4.78, 5) is 31.7. The molecule has 1 fully saturated rings. The molecule has 8 heteroatoms. The van der Waals surface area contributed by atoms with Crippen LogP contribution in [0.5, 0.6) is 11.5 Å². The van der Waals surface area contributed by atoms with Crippen LogP contribution in [0, 0.1) is 11.3 Å². The van der Waals surface area contributed by atoms with Crippen LogP contribution in [-0.2, 0) is 9.59 Å². The first-order valence-corrected chi connectivity index (χ1v) is 9.93. The molecule has 1 unspecified atom stereocenters. The third-order valence-corrected chi connectivity index (χ3v) is 5.38. The van der Waals surface area contributed by atoms with Gasteiger partial charge < -0.3 is 14.6 Å². The van der Waals surface area contributed by atoms with Crippen molar-refractivity contribution in [3.05, 3.63) is 89.3 Å². The molecular weight excluding hydrogens is 422 g/mol. The normalized spacial score (nSPS) is 17.0. The van der Waals surface area contributed by atoms with Crippen molar-refractivity contribution >= 4 is 23.1 Å². The predicted octanol–water partition coefficient (Wildman–Crippen LogP) is 3.60. The van der Waals surface area contributed by atoms with Crippen molar-refractivity contribution in [3.63, 3.8) is 0 Å². The topological polar surface area (TPSA) is 113 Å². The van der Waals surface area contributed by atoms with Gasteiger partial charge in [-0.2, -0.15) is 5.26 Å². The molecule has 33 heavy (non-hydrogen) atoms. The Hall–Kier alpha value is -4.64. The Labute approximate surface area is 189 Å². The monoisotopic (exact) mass is 441 g/mol. The van der Waals surface area contributed by atoms with Crippen LogP contribution in [0.2, 0.25) is 0 Å². The Bertz CT molecular complexity index is 1290. The minimum absolute atomic E-state index is 0.0965. The van der Waals surface area contributed by atoms with E-state index in [-0.39, 0.29) is 22.6 Å². The lowest BCUT2D eigenvalue weighted by Crippen LogP contribution is -2.29. The third-order valence-electron chi connectivity index (χ3n) is 5.38. The second-order valence-corrected chi connectivity index (χ2v) is 7.18. The molecule has 1 aliphatic rings. The number of ether oxygens (including phenoxy) is 2. The Morgan fingerprint density at radius 2 is 1.85 bits per heavy atom. The fourth-order valence-electron chi connectivity index (χ4n) is 3.79. The van der Waals surface area contributed by atoms with Gasteiger partial charge in [0.25, 0.3) is 11.7 Å². The molecule has 0 aliphatic carbocycles. The van der Waals surface area contributed by atoms with Crippen molar-refractivity contribution in [2.24, 2.45) is 0 Å². The number of Topliss-reactive ketones (excluding diaryl/α,β-unsaturated/α-hetero) is 1. The maximum Gasteiger partial charge on any atom is 0.300 e. The van der Waals surface area contributed by atoms with Crippen molar-refractivity contribution in [2.45, 2.75) is 6.04 Å². The summed E-state index contributed by atoms with van der Waals surface area (Å²) >= 11 is 0. The highest BCUT2D eigenvalue weighted by molar-refractivity contribution is 6.51. The molecular formula is C25H19N3O5. The number of nitriles is 1. The number of aliphatic hydroxyl groups is 1. The van der Waals surface area contributed by atoms with Gasteiger partial charge in [-0.15, -0.1) is 0 Å². The number of ketones is 1. The molecule has 0 radical (unpaired) electrons. The quantitative estimate of drug-likeness (QED) is 0.366. The van der Waals surface area contributed by atoms with Gasteiger partial charge in [0.15, 0.2) is 0 Å². The zero-order valence-corrected chi connectivity index (χ0v) is 17.9. The summed E-state index contributed by atoms with van der Waals surface area (Å²) in [6.45, 7) is 0. The number of methoxy groups -OCH3 is 2. The van der Waals surface area contributed by atoms with Gasteiger partial charge in [-0.1, -0.05) is 6.07 Å².